The molecule has 2 aromatic rings. The lowest BCUT2D eigenvalue weighted by Crippen LogP contribution is -2.09. The highest BCUT2D eigenvalue weighted by Gasteiger charge is 2.21. The predicted octanol–water partition coefficient (Wildman–Crippen LogP) is 3.02. The summed E-state index contributed by atoms with van der Waals surface area (Å²) in [4.78, 5) is 9.66. The molecule has 0 saturated carbocycles. The molecule has 0 unspecified atom stereocenters. The minimum Gasteiger partial charge on any atom is -0.379 e. The smallest absolute Gasteiger partial charge is 0.339 e. The van der Waals surface area contributed by atoms with Crippen molar-refractivity contribution in [3.63, 3.8) is 0 Å². The molecule has 0 heterocycles. The SMILES string of the molecule is O=[N+]([O-])c1ccc(S(=O)(=O)Oc2ccccc2)cc1Cl. The average molecular weight is 314 g/mol. The number of hydrogen-bond acceptors (Lipinski definition) is 5. The molecule has 6 nitrogen and oxygen atoms in total. The molecule has 0 amide bonds. The molecule has 0 radical (unpaired) electrons. The summed E-state index contributed by atoms with van der Waals surface area (Å²) in [6.07, 6.45) is 0. The second-order valence-electron chi connectivity index (χ2n) is 3.72. The molecular formula is C12H8ClNO5S. The fourth-order valence-corrected chi connectivity index (χ4v) is 2.71. The summed E-state index contributed by atoms with van der Waals surface area (Å²) >= 11 is 5.67. The van der Waals surface area contributed by atoms with Gasteiger partial charge in [-0.3, -0.25) is 10.1 Å². The number of halogens is 1. The van der Waals surface area contributed by atoms with Crippen molar-refractivity contribution in [2.45, 2.75) is 4.90 Å². The van der Waals surface area contributed by atoms with Crippen LogP contribution < -0.4 is 4.18 Å². The highest BCUT2D eigenvalue weighted by atomic mass is 35.5. The van der Waals surface area contributed by atoms with E-state index < -0.39 is 15.0 Å². The molecule has 0 aromatic heterocycles. The van der Waals surface area contributed by atoms with E-state index in [2.05, 4.69) is 0 Å². The summed E-state index contributed by atoms with van der Waals surface area (Å²) in [5, 5.41) is 10.3. The standard InChI is InChI=1S/C12H8ClNO5S/c13-11-8-10(6-7-12(11)14(15)16)20(17,18)19-9-4-2-1-3-5-9/h1-8H. The zero-order valence-electron chi connectivity index (χ0n) is 9.89. The van der Waals surface area contributed by atoms with E-state index in [1.807, 2.05) is 0 Å². The summed E-state index contributed by atoms with van der Waals surface area (Å²) in [6, 6.07) is 11.0. The monoisotopic (exact) mass is 313 g/mol. The van der Waals surface area contributed by atoms with Crippen LogP contribution in [0.25, 0.3) is 0 Å². The fraction of sp³-hybridized carbons (Fsp3) is 0. The van der Waals surface area contributed by atoms with Crippen LogP contribution in [0.2, 0.25) is 5.02 Å². The summed E-state index contributed by atoms with van der Waals surface area (Å²) in [6.45, 7) is 0. The van der Waals surface area contributed by atoms with Gasteiger partial charge in [0.25, 0.3) is 5.69 Å². The van der Waals surface area contributed by atoms with Crippen LogP contribution in [0, 0.1) is 10.1 Å². The van der Waals surface area contributed by atoms with Gasteiger partial charge < -0.3 is 4.18 Å². The Labute approximate surface area is 119 Å². The Balaban J connectivity index is 2.35. The summed E-state index contributed by atoms with van der Waals surface area (Å²) in [5.74, 6) is 0.141. The molecular weight excluding hydrogens is 306 g/mol. The molecule has 8 heteroatoms. The fourth-order valence-electron chi connectivity index (χ4n) is 1.44. The lowest BCUT2D eigenvalue weighted by Gasteiger charge is -2.07. The molecule has 2 rings (SSSR count). The first-order valence-electron chi connectivity index (χ1n) is 5.33. The molecule has 0 saturated heterocycles. The van der Waals surface area contributed by atoms with Crippen LogP contribution in [0.5, 0.6) is 5.75 Å². The Hall–Kier alpha value is -2.12. The Kier molecular flexibility index (Phi) is 3.91. The van der Waals surface area contributed by atoms with E-state index in [1.165, 1.54) is 12.1 Å². The zero-order valence-corrected chi connectivity index (χ0v) is 11.5. The van der Waals surface area contributed by atoms with E-state index in [0.717, 1.165) is 18.2 Å². The summed E-state index contributed by atoms with van der Waals surface area (Å²) < 4.78 is 28.9. The number of para-hydroxylation sites is 1. The Morgan fingerprint density at radius 3 is 2.30 bits per heavy atom. The molecule has 104 valence electrons. The minimum atomic E-state index is -4.09. The van der Waals surface area contributed by atoms with Gasteiger partial charge in [-0.1, -0.05) is 29.8 Å². The van der Waals surface area contributed by atoms with Crippen LogP contribution in [0.15, 0.2) is 53.4 Å². The normalized spacial score (nSPS) is 11.1. The minimum absolute atomic E-state index is 0.141. The largest absolute Gasteiger partial charge is 0.379 e. The maximum Gasteiger partial charge on any atom is 0.339 e. The number of rotatable bonds is 4. The van der Waals surface area contributed by atoms with Crippen LogP contribution >= 0.6 is 11.6 Å². The maximum absolute atomic E-state index is 12.0. The van der Waals surface area contributed by atoms with Gasteiger partial charge in [-0.15, -0.1) is 0 Å². The van der Waals surface area contributed by atoms with Gasteiger partial charge in [0.2, 0.25) is 0 Å². The second kappa shape index (κ2) is 5.48. The quantitative estimate of drug-likeness (QED) is 0.492. The first-order valence-corrected chi connectivity index (χ1v) is 7.12. The van der Waals surface area contributed by atoms with Crippen LogP contribution in [-0.2, 0) is 10.1 Å². The number of benzene rings is 2. The molecule has 0 atom stereocenters. The Morgan fingerprint density at radius 2 is 1.75 bits per heavy atom. The number of nitro benzene ring substituents is 1. The molecule has 0 spiro atoms. The van der Waals surface area contributed by atoms with Crippen molar-refractivity contribution in [3.8, 4) is 5.75 Å². The van der Waals surface area contributed by atoms with E-state index in [4.69, 9.17) is 15.8 Å². The second-order valence-corrected chi connectivity index (χ2v) is 5.67. The van der Waals surface area contributed by atoms with Crippen LogP contribution in [0.1, 0.15) is 0 Å². The van der Waals surface area contributed by atoms with Crippen molar-refractivity contribution in [1.29, 1.82) is 0 Å². The lowest BCUT2D eigenvalue weighted by molar-refractivity contribution is -0.384. The van der Waals surface area contributed by atoms with E-state index in [-0.39, 0.29) is 21.4 Å². The zero-order chi connectivity index (χ0) is 14.8. The summed E-state index contributed by atoms with van der Waals surface area (Å²) in [7, 11) is -4.09. The lowest BCUT2D eigenvalue weighted by atomic mass is 10.3. The summed E-state index contributed by atoms with van der Waals surface area (Å²) in [5.41, 5.74) is -0.370. The van der Waals surface area contributed by atoms with Gasteiger partial charge in [0.05, 0.1) is 4.92 Å². The Morgan fingerprint density at radius 1 is 1.10 bits per heavy atom. The highest BCUT2D eigenvalue weighted by Crippen LogP contribution is 2.28. The topological polar surface area (TPSA) is 86.5 Å². The van der Waals surface area contributed by atoms with Crippen LogP contribution in [0.3, 0.4) is 0 Å². The number of nitro groups is 1. The van der Waals surface area contributed by atoms with Crippen LogP contribution in [-0.4, -0.2) is 13.3 Å². The third-order valence-electron chi connectivity index (χ3n) is 2.35. The molecule has 2 aromatic carbocycles. The highest BCUT2D eigenvalue weighted by molar-refractivity contribution is 7.87. The molecule has 0 fully saturated rings. The third-order valence-corrected chi connectivity index (χ3v) is 3.90. The molecule has 0 N–H and O–H groups in total. The molecule has 0 aliphatic rings. The molecule has 0 aliphatic heterocycles. The van der Waals surface area contributed by atoms with Gasteiger partial charge in [0.1, 0.15) is 15.7 Å². The van der Waals surface area contributed by atoms with Crippen molar-refractivity contribution in [2.24, 2.45) is 0 Å². The van der Waals surface area contributed by atoms with Gasteiger partial charge in [-0.2, -0.15) is 8.42 Å². The van der Waals surface area contributed by atoms with Crippen molar-refractivity contribution in [3.05, 3.63) is 63.7 Å². The average Bonchev–Trinajstić information content (AvgIpc) is 2.38. The van der Waals surface area contributed by atoms with Crippen molar-refractivity contribution in [2.75, 3.05) is 0 Å². The molecule has 20 heavy (non-hydrogen) atoms. The van der Waals surface area contributed by atoms with E-state index in [9.17, 15) is 18.5 Å². The van der Waals surface area contributed by atoms with Gasteiger partial charge in [-0.05, 0) is 24.3 Å². The van der Waals surface area contributed by atoms with Gasteiger partial charge >= 0.3 is 10.1 Å². The van der Waals surface area contributed by atoms with Crippen molar-refractivity contribution < 1.29 is 17.5 Å². The molecule has 0 bridgehead atoms. The third kappa shape index (κ3) is 3.06. The van der Waals surface area contributed by atoms with Gasteiger partial charge in [0.15, 0.2) is 0 Å². The van der Waals surface area contributed by atoms with E-state index in [1.54, 1.807) is 18.2 Å². The number of nitrogens with zero attached hydrogens (tertiary/aromatic N) is 1. The van der Waals surface area contributed by atoms with Gasteiger partial charge in [-0.25, -0.2) is 0 Å². The van der Waals surface area contributed by atoms with Gasteiger partial charge in [0, 0.05) is 6.07 Å². The van der Waals surface area contributed by atoms with E-state index in [0.29, 0.717) is 0 Å². The Bertz CT molecular complexity index is 746. The number of hydrogen-bond donors (Lipinski definition) is 0. The van der Waals surface area contributed by atoms with E-state index >= 15 is 0 Å². The maximum atomic E-state index is 12.0. The van der Waals surface area contributed by atoms with Crippen molar-refractivity contribution in [1.82, 2.24) is 0 Å². The first-order chi connectivity index (χ1) is 9.40. The first kappa shape index (κ1) is 14.3. The molecule has 0 aliphatic carbocycles. The van der Waals surface area contributed by atoms with Crippen LogP contribution in [0.4, 0.5) is 5.69 Å². The predicted molar refractivity (Wildman–Crippen MR) is 72.4 cm³/mol. The van der Waals surface area contributed by atoms with Crippen molar-refractivity contribution >= 4 is 27.4 Å².